The molecule has 1 unspecified atom stereocenters. The van der Waals surface area contributed by atoms with Crippen LogP contribution in [0.4, 0.5) is 0 Å². The zero-order valence-corrected chi connectivity index (χ0v) is 10.3. The highest BCUT2D eigenvalue weighted by molar-refractivity contribution is 5.91. The Morgan fingerprint density at radius 2 is 2.33 bits per heavy atom. The summed E-state index contributed by atoms with van der Waals surface area (Å²) >= 11 is 0. The number of hydrogen-bond acceptors (Lipinski definition) is 5. The lowest BCUT2D eigenvalue weighted by molar-refractivity contribution is -0.140. The van der Waals surface area contributed by atoms with E-state index in [1.807, 2.05) is 0 Å². The first-order chi connectivity index (χ1) is 8.52. The van der Waals surface area contributed by atoms with Crippen molar-refractivity contribution in [3.63, 3.8) is 0 Å². The number of nitrogens with zero attached hydrogens (tertiary/aromatic N) is 1. The summed E-state index contributed by atoms with van der Waals surface area (Å²) in [6.07, 6.45) is -0.718. The van der Waals surface area contributed by atoms with Gasteiger partial charge < -0.3 is 19.7 Å². The summed E-state index contributed by atoms with van der Waals surface area (Å²) in [5.74, 6) is -1.32. The van der Waals surface area contributed by atoms with Gasteiger partial charge in [-0.05, 0) is 13.8 Å². The third-order valence-corrected chi connectivity index (χ3v) is 2.15. The maximum Gasteiger partial charge on any atom is 0.306 e. The quantitative estimate of drug-likeness (QED) is 0.740. The van der Waals surface area contributed by atoms with Crippen LogP contribution in [0.1, 0.15) is 29.6 Å². The van der Waals surface area contributed by atoms with E-state index in [1.54, 1.807) is 13.8 Å². The summed E-state index contributed by atoms with van der Waals surface area (Å²) < 4.78 is 9.98. The van der Waals surface area contributed by atoms with Crippen LogP contribution in [0.2, 0.25) is 0 Å². The molecule has 7 heteroatoms. The number of carboxylic acids is 1. The van der Waals surface area contributed by atoms with E-state index in [1.165, 1.54) is 6.07 Å². The molecule has 0 aliphatic heterocycles. The van der Waals surface area contributed by atoms with Crippen molar-refractivity contribution in [3.8, 4) is 0 Å². The van der Waals surface area contributed by atoms with Gasteiger partial charge in [-0.25, -0.2) is 0 Å². The molecule has 1 atom stereocenters. The summed E-state index contributed by atoms with van der Waals surface area (Å²) in [5.41, 5.74) is 0.604. The third-order valence-electron chi connectivity index (χ3n) is 2.15. The number of nitrogens with one attached hydrogen (secondary N) is 1. The second kappa shape index (κ2) is 6.75. The molecule has 1 rings (SSSR count). The summed E-state index contributed by atoms with van der Waals surface area (Å²) in [7, 11) is 0. The number of ether oxygens (including phenoxy) is 1. The molecule has 2 N–H and O–H groups in total. The molecule has 0 radical (unpaired) electrons. The van der Waals surface area contributed by atoms with E-state index >= 15 is 0 Å². The predicted octanol–water partition coefficient (Wildman–Crippen LogP) is 0.593. The molecule has 0 aromatic carbocycles. The maximum atomic E-state index is 11.6. The minimum absolute atomic E-state index is 0.0954. The van der Waals surface area contributed by atoms with Crippen molar-refractivity contribution in [2.45, 2.75) is 26.4 Å². The molecule has 100 valence electrons. The number of aliphatic carboxylic acids is 1. The number of aromatic nitrogens is 1. The smallest absolute Gasteiger partial charge is 0.306 e. The third kappa shape index (κ3) is 4.54. The first-order valence-corrected chi connectivity index (χ1v) is 5.57. The van der Waals surface area contributed by atoms with E-state index in [0.29, 0.717) is 12.3 Å². The lowest BCUT2D eigenvalue weighted by Gasteiger charge is -2.14. The molecule has 0 saturated heterocycles. The van der Waals surface area contributed by atoms with Gasteiger partial charge in [0.15, 0.2) is 0 Å². The van der Waals surface area contributed by atoms with Gasteiger partial charge in [0.25, 0.3) is 5.91 Å². The minimum atomic E-state index is -0.974. The van der Waals surface area contributed by atoms with Gasteiger partial charge in [-0.1, -0.05) is 5.16 Å². The summed E-state index contributed by atoms with van der Waals surface area (Å²) in [5, 5.41) is 14.8. The van der Waals surface area contributed by atoms with E-state index in [0.717, 1.165) is 0 Å². The summed E-state index contributed by atoms with van der Waals surface area (Å²) in [6.45, 7) is 3.96. The maximum absolute atomic E-state index is 11.6. The van der Waals surface area contributed by atoms with Crippen molar-refractivity contribution in [3.05, 3.63) is 17.5 Å². The van der Waals surface area contributed by atoms with E-state index < -0.39 is 18.0 Å². The lowest BCUT2D eigenvalue weighted by atomic mass is 10.2. The minimum Gasteiger partial charge on any atom is -0.481 e. The van der Waals surface area contributed by atoms with Crippen molar-refractivity contribution in [1.29, 1.82) is 0 Å². The van der Waals surface area contributed by atoms with Gasteiger partial charge in [0.05, 0.1) is 18.2 Å². The first kappa shape index (κ1) is 14.2. The van der Waals surface area contributed by atoms with E-state index in [9.17, 15) is 9.59 Å². The summed E-state index contributed by atoms with van der Waals surface area (Å²) in [6, 6.07) is 1.50. The van der Waals surface area contributed by atoms with Crippen LogP contribution in [0.3, 0.4) is 0 Å². The van der Waals surface area contributed by atoms with Crippen LogP contribution in [0.5, 0.6) is 0 Å². The average molecular weight is 256 g/mol. The molecule has 0 fully saturated rings. The Morgan fingerprint density at radius 1 is 1.61 bits per heavy atom. The first-order valence-electron chi connectivity index (χ1n) is 5.57. The fourth-order valence-corrected chi connectivity index (χ4v) is 1.38. The van der Waals surface area contributed by atoms with Crippen LogP contribution in [-0.4, -0.2) is 41.4 Å². The van der Waals surface area contributed by atoms with Crippen LogP contribution in [0, 0.1) is 6.92 Å². The van der Waals surface area contributed by atoms with Crippen LogP contribution >= 0.6 is 0 Å². The predicted molar refractivity (Wildman–Crippen MR) is 61.2 cm³/mol. The molecule has 7 nitrogen and oxygen atoms in total. The zero-order chi connectivity index (χ0) is 13.5. The molecule has 1 aromatic rings. The number of amides is 1. The Morgan fingerprint density at radius 3 is 2.83 bits per heavy atom. The standard InChI is InChI=1S/C11H16N2O5/c1-3-17-8(5-10(14)15)6-12-11(16)9-4-7(2)13-18-9/h4,8H,3,5-6H2,1-2H3,(H,12,16)(H,14,15). The van der Waals surface area contributed by atoms with Gasteiger partial charge in [-0.15, -0.1) is 0 Å². The molecule has 18 heavy (non-hydrogen) atoms. The van der Waals surface area contributed by atoms with Gasteiger partial charge in [0.2, 0.25) is 5.76 Å². The van der Waals surface area contributed by atoms with E-state index in [4.69, 9.17) is 14.4 Å². The number of hydrogen-bond donors (Lipinski definition) is 2. The van der Waals surface area contributed by atoms with Crippen molar-refractivity contribution in [1.82, 2.24) is 10.5 Å². The highest BCUT2D eigenvalue weighted by atomic mass is 16.5. The van der Waals surface area contributed by atoms with Gasteiger partial charge >= 0.3 is 5.97 Å². The lowest BCUT2D eigenvalue weighted by Crippen LogP contribution is -2.35. The van der Waals surface area contributed by atoms with Gasteiger partial charge in [0, 0.05) is 19.2 Å². The molecule has 0 spiro atoms. The fraction of sp³-hybridized carbons (Fsp3) is 0.545. The number of carbonyl (C=O) groups excluding carboxylic acids is 1. The van der Waals surface area contributed by atoms with Crippen LogP contribution in [0.15, 0.2) is 10.6 Å². The second-order valence-electron chi connectivity index (χ2n) is 3.72. The average Bonchev–Trinajstić information content (AvgIpc) is 2.72. The van der Waals surface area contributed by atoms with Crippen LogP contribution < -0.4 is 5.32 Å². The largest absolute Gasteiger partial charge is 0.481 e. The number of rotatable bonds is 7. The van der Waals surface area contributed by atoms with Crippen molar-refractivity contribution in [2.75, 3.05) is 13.2 Å². The molecule has 0 bridgehead atoms. The van der Waals surface area contributed by atoms with E-state index in [2.05, 4.69) is 10.5 Å². The SMILES string of the molecule is CCOC(CNC(=O)c1cc(C)no1)CC(=O)O. The van der Waals surface area contributed by atoms with Gasteiger partial charge in [-0.2, -0.15) is 0 Å². The molecule has 0 saturated carbocycles. The molecule has 0 aliphatic rings. The topological polar surface area (TPSA) is 102 Å². The van der Waals surface area contributed by atoms with Crippen molar-refractivity contribution in [2.24, 2.45) is 0 Å². The van der Waals surface area contributed by atoms with Gasteiger partial charge in [0.1, 0.15) is 0 Å². The highest BCUT2D eigenvalue weighted by Crippen LogP contribution is 2.03. The Kier molecular flexibility index (Phi) is 5.31. The van der Waals surface area contributed by atoms with Crippen LogP contribution in [0.25, 0.3) is 0 Å². The second-order valence-corrected chi connectivity index (χ2v) is 3.72. The Balaban J connectivity index is 2.46. The molecule has 1 amide bonds. The normalized spacial score (nSPS) is 12.1. The van der Waals surface area contributed by atoms with Crippen LogP contribution in [-0.2, 0) is 9.53 Å². The number of carbonyl (C=O) groups is 2. The van der Waals surface area contributed by atoms with Crippen molar-refractivity contribution >= 4 is 11.9 Å². The van der Waals surface area contributed by atoms with Crippen molar-refractivity contribution < 1.29 is 24.0 Å². The van der Waals surface area contributed by atoms with E-state index in [-0.39, 0.29) is 18.7 Å². The summed E-state index contributed by atoms with van der Waals surface area (Å²) in [4.78, 5) is 22.2. The monoisotopic (exact) mass is 256 g/mol. The van der Waals surface area contributed by atoms with Gasteiger partial charge in [-0.3, -0.25) is 9.59 Å². The molecule has 0 aliphatic carbocycles. The Hall–Kier alpha value is -1.89. The molecular formula is C11H16N2O5. The highest BCUT2D eigenvalue weighted by Gasteiger charge is 2.17. The number of carboxylic acid groups (broad SMARTS) is 1. The molecular weight excluding hydrogens is 240 g/mol. The Labute approximate surface area is 104 Å². The fourth-order valence-electron chi connectivity index (χ4n) is 1.38. The molecule has 1 aromatic heterocycles. The molecule has 1 heterocycles. The Bertz CT molecular complexity index is 415. The number of aryl methyl sites for hydroxylation is 1. The zero-order valence-electron chi connectivity index (χ0n) is 10.3.